The quantitative estimate of drug-likeness (QED) is 0.171. The molecule has 0 aliphatic carbocycles. The van der Waals surface area contributed by atoms with Gasteiger partial charge in [-0.25, -0.2) is 4.98 Å². The lowest BCUT2D eigenvalue weighted by Gasteiger charge is -2.23. The van der Waals surface area contributed by atoms with Gasteiger partial charge in [-0.2, -0.15) is 0 Å². The Hall–Kier alpha value is -4.43. The van der Waals surface area contributed by atoms with Crippen LogP contribution in [0.25, 0.3) is 5.76 Å². The number of hydrogen-bond donors (Lipinski definition) is 1. The number of thiazole rings is 1. The zero-order valence-corrected chi connectivity index (χ0v) is 21.8. The fraction of sp³-hybridized carbons (Fsp3) is 0.167. The molecule has 1 fully saturated rings. The van der Waals surface area contributed by atoms with Crippen LogP contribution in [0.15, 0.2) is 89.9 Å². The summed E-state index contributed by atoms with van der Waals surface area (Å²) in [6.45, 7) is 4.84. The van der Waals surface area contributed by atoms with Crippen molar-refractivity contribution in [2.24, 2.45) is 0 Å². The van der Waals surface area contributed by atoms with Gasteiger partial charge in [-0.1, -0.05) is 42.0 Å². The van der Waals surface area contributed by atoms with E-state index < -0.39 is 17.7 Å². The summed E-state index contributed by atoms with van der Waals surface area (Å²) in [5, 5.41) is 13.4. The van der Waals surface area contributed by atoms with Crippen molar-refractivity contribution in [3.63, 3.8) is 0 Å². The largest absolute Gasteiger partial charge is 0.507 e. The first kappa shape index (κ1) is 25.2. The Bertz CT molecular complexity index is 1480. The molecule has 0 unspecified atom stereocenters. The third-order valence-corrected chi connectivity index (χ3v) is 6.96. The minimum Gasteiger partial charge on any atom is -0.507 e. The van der Waals surface area contributed by atoms with E-state index >= 15 is 0 Å². The molecule has 2 heterocycles. The van der Waals surface area contributed by atoms with Gasteiger partial charge < -0.3 is 14.6 Å². The number of benzene rings is 3. The number of aromatic nitrogens is 1. The van der Waals surface area contributed by atoms with Crippen molar-refractivity contribution in [2.75, 3.05) is 11.5 Å². The molecule has 1 aromatic heterocycles. The van der Waals surface area contributed by atoms with Crippen LogP contribution in [0.3, 0.4) is 0 Å². The fourth-order valence-corrected chi connectivity index (χ4v) is 5.09. The topological polar surface area (TPSA) is 89.0 Å². The third-order valence-electron chi connectivity index (χ3n) is 6.19. The van der Waals surface area contributed by atoms with E-state index in [1.165, 1.54) is 16.2 Å². The first-order valence-electron chi connectivity index (χ1n) is 12.2. The summed E-state index contributed by atoms with van der Waals surface area (Å²) in [7, 11) is 0. The fourth-order valence-electron chi connectivity index (χ4n) is 4.43. The van der Waals surface area contributed by atoms with Gasteiger partial charge in [0.2, 0.25) is 0 Å². The molecule has 5 rings (SSSR count). The average Bonchev–Trinajstić information content (AvgIpc) is 3.55. The predicted octanol–water partition coefficient (Wildman–Crippen LogP) is 6.06. The van der Waals surface area contributed by atoms with Gasteiger partial charge >= 0.3 is 5.91 Å². The lowest BCUT2D eigenvalue weighted by molar-refractivity contribution is -0.132. The summed E-state index contributed by atoms with van der Waals surface area (Å²) < 4.78 is 11.4. The van der Waals surface area contributed by atoms with E-state index in [1.807, 2.05) is 32.0 Å². The zero-order chi connectivity index (χ0) is 26.6. The Morgan fingerprint density at radius 2 is 1.71 bits per heavy atom. The number of carbonyl (C=O) groups excluding carboxylic acids is 2. The minimum absolute atomic E-state index is 0.00258. The molecule has 4 aromatic rings. The number of ether oxygens (including phenoxy) is 2. The van der Waals surface area contributed by atoms with Crippen LogP contribution in [-0.4, -0.2) is 28.4 Å². The van der Waals surface area contributed by atoms with Gasteiger partial charge in [0.15, 0.2) is 5.13 Å². The molecule has 8 heteroatoms. The van der Waals surface area contributed by atoms with Crippen molar-refractivity contribution in [1.29, 1.82) is 0 Å². The molecule has 1 N–H and O–H groups in total. The second-order valence-corrected chi connectivity index (χ2v) is 9.66. The van der Waals surface area contributed by atoms with Gasteiger partial charge in [0, 0.05) is 17.1 Å². The molecule has 1 aliphatic heterocycles. The Balaban J connectivity index is 1.48. The van der Waals surface area contributed by atoms with Crippen molar-refractivity contribution in [3.8, 4) is 11.5 Å². The molecular weight excluding hydrogens is 500 g/mol. The van der Waals surface area contributed by atoms with Crippen LogP contribution < -0.4 is 14.4 Å². The van der Waals surface area contributed by atoms with Gasteiger partial charge in [-0.15, -0.1) is 11.3 Å². The summed E-state index contributed by atoms with van der Waals surface area (Å²) in [5.41, 5.74) is 3.27. The number of amides is 1. The highest BCUT2D eigenvalue weighted by atomic mass is 32.1. The lowest BCUT2D eigenvalue weighted by Crippen LogP contribution is -2.29. The van der Waals surface area contributed by atoms with E-state index in [4.69, 9.17) is 9.47 Å². The second-order valence-electron chi connectivity index (χ2n) is 8.79. The summed E-state index contributed by atoms with van der Waals surface area (Å²) in [5.74, 6) is -0.473. The van der Waals surface area contributed by atoms with E-state index in [2.05, 4.69) is 11.1 Å². The Kier molecular flexibility index (Phi) is 7.24. The van der Waals surface area contributed by atoms with Crippen molar-refractivity contribution in [3.05, 3.63) is 112 Å². The number of ketones is 1. The number of hydrogen-bond acceptors (Lipinski definition) is 7. The molecule has 0 radical (unpaired) electrons. The maximum atomic E-state index is 13.3. The van der Waals surface area contributed by atoms with Crippen LogP contribution in [0.1, 0.15) is 35.2 Å². The monoisotopic (exact) mass is 526 g/mol. The first-order chi connectivity index (χ1) is 18.5. The molecule has 1 saturated heterocycles. The van der Waals surface area contributed by atoms with Gasteiger partial charge in [-0.05, 0) is 61.4 Å². The number of aliphatic hydroxyl groups is 1. The van der Waals surface area contributed by atoms with E-state index in [0.29, 0.717) is 41.0 Å². The number of aliphatic hydroxyl groups excluding tert-OH is 1. The van der Waals surface area contributed by atoms with Crippen molar-refractivity contribution >= 4 is 33.9 Å². The van der Waals surface area contributed by atoms with E-state index in [9.17, 15) is 14.7 Å². The van der Waals surface area contributed by atoms with Gasteiger partial charge in [-0.3, -0.25) is 14.5 Å². The Morgan fingerprint density at radius 1 is 1.00 bits per heavy atom. The average molecular weight is 527 g/mol. The van der Waals surface area contributed by atoms with Crippen molar-refractivity contribution in [2.45, 2.75) is 26.5 Å². The molecule has 0 spiro atoms. The maximum Gasteiger partial charge on any atom is 0.301 e. The number of carbonyl (C=O) groups is 2. The SMILES string of the molecule is CCOc1ccc([C@@H]2C(=C(O)c3ccc(OCc4cccc(C)c4)cc3)C(=O)C(=O)N2c2nccs2)cc1. The molecule has 0 bridgehead atoms. The molecule has 0 saturated carbocycles. The predicted molar refractivity (Wildman–Crippen MR) is 146 cm³/mol. The van der Waals surface area contributed by atoms with Crippen LogP contribution in [0.2, 0.25) is 0 Å². The van der Waals surface area contributed by atoms with Gasteiger partial charge in [0.25, 0.3) is 5.78 Å². The smallest absolute Gasteiger partial charge is 0.301 e. The molecular formula is C30H26N2O5S. The first-order valence-corrected chi connectivity index (χ1v) is 13.1. The number of rotatable bonds is 8. The molecule has 3 aromatic carbocycles. The molecule has 1 amide bonds. The minimum atomic E-state index is -0.839. The van der Waals surface area contributed by atoms with Gasteiger partial charge in [0.05, 0.1) is 18.2 Å². The van der Waals surface area contributed by atoms with E-state index in [-0.39, 0.29) is 11.3 Å². The van der Waals surface area contributed by atoms with Gasteiger partial charge in [0.1, 0.15) is 23.9 Å². The molecule has 7 nitrogen and oxygen atoms in total. The summed E-state index contributed by atoms with van der Waals surface area (Å²) >= 11 is 1.25. The number of nitrogens with zero attached hydrogens (tertiary/aromatic N) is 2. The highest BCUT2D eigenvalue weighted by Gasteiger charge is 2.48. The van der Waals surface area contributed by atoms with Crippen molar-refractivity contribution in [1.82, 2.24) is 4.98 Å². The summed E-state index contributed by atoms with van der Waals surface area (Å²) in [6, 6.07) is 21.2. The van der Waals surface area contributed by atoms with Crippen LogP contribution in [0.5, 0.6) is 11.5 Å². The van der Waals surface area contributed by atoms with E-state index in [1.54, 1.807) is 60.1 Å². The number of aryl methyl sites for hydroxylation is 1. The summed E-state index contributed by atoms with van der Waals surface area (Å²) in [6.07, 6.45) is 1.57. The number of anilines is 1. The van der Waals surface area contributed by atoms with Crippen LogP contribution in [0.4, 0.5) is 5.13 Å². The maximum absolute atomic E-state index is 13.3. The Morgan fingerprint density at radius 3 is 2.37 bits per heavy atom. The lowest BCUT2D eigenvalue weighted by atomic mass is 9.95. The normalized spacial score (nSPS) is 16.6. The highest BCUT2D eigenvalue weighted by Crippen LogP contribution is 2.43. The van der Waals surface area contributed by atoms with Crippen LogP contribution in [-0.2, 0) is 16.2 Å². The number of Topliss-reactive ketones (excluding diaryl/α,β-unsaturated/α-hetero) is 1. The Labute approximate surface area is 224 Å². The third kappa shape index (κ3) is 5.03. The second kappa shape index (κ2) is 10.9. The molecule has 1 atom stereocenters. The zero-order valence-electron chi connectivity index (χ0n) is 21.0. The summed E-state index contributed by atoms with van der Waals surface area (Å²) in [4.78, 5) is 32.0. The van der Waals surface area contributed by atoms with Crippen LogP contribution >= 0.6 is 11.3 Å². The van der Waals surface area contributed by atoms with Crippen molar-refractivity contribution < 1.29 is 24.2 Å². The standard InChI is InChI=1S/C30H26N2O5S/c1-3-36-23-11-7-21(8-12-23)26-25(28(34)29(35)32(26)30-31-15-16-38-30)27(33)22-9-13-24(14-10-22)37-18-20-6-4-5-19(2)17-20/h4-17,26,33H,3,18H2,1-2H3/t26-/m1/s1. The molecule has 1 aliphatic rings. The highest BCUT2D eigenvalue weighted by molar-refractivity contribution is 7.14. The van der Waals surface area contributed by atoms with Crippen LogP contribution in [0, 0.1) is 6.92 Å². The molecule has 192 valence electrons. The molecule has 38 heavy (non-hydrogen) atoms. The van der Waals surface area contributed by atoms with E-state index in [0.717, 1.165) is 11.1 Å².